The number of hydrogen-bond donors (Lipinski definition) is 0. The van der Waals surface area contributed by atoms with E-state index in [4.69, 9.17) is 0 Å². The van der Waals surface area contributed by atoms with Gasteiger partial charge in [0, 0.05) is 0 Å². The number of fused-ring (bicyclic) bond motifs is 1. The molecule has 0 N–H and O–H groups in total. The molecule has 0 bridgehead atoms. The van der Waals surface area contributed by atoms with Crippen LogP contribution >= 0.6 is 0 Å². The van der Waals surface area contributed by atoms with Crippen molar-refractivity contribution in [1.82, 2.24) is 0 Å². The first-order chi connectivity index (χ1) is 13.5. The fourth-order valence-electron chi connectivity index (χ4n) is 3.85. The third kappa shape index (κ3) is 10.4. The van der Waals surface area contributed by atoms with Crippen molar-refractivity contribution >= 4 is 20.9 Å². The predicted octanol–water partition coefficient (Wildman–Crippen LogP) is 3.99. The Morgan fingerprint density at radius 1 is 0.759 bits per heavy atom. The molecule has 2 aromatic carbocycles. The first kappa shape index (κ1) is 27.3. The maximum absolute atomic E-state index is 11.4. The molecule has 0 radical (unpaired) electrons. The average molecular weight is 443 g/mol. The van der Waals surface area contributed by atoms with Gasteiger partial charge in [-0.3, -0.25) is 0 Å². The van der Waals surface area contributed by atoms with Crippen LogP contribution in [0.1, 0.15) is 89.5 Å². The molecule has 0 heterocycles. The fraction of sp³-hybridized carbons (Fsp3) is 0.583. The van der Waals surface area contributed by atoms with Crippen LogP contribution in [0.4, 0.5) is 0 Å². The number of unbranched alkanes of at least 4 members (excludes halogenated alkanes) is 11. The summed E-state index contributed by atoms with van der Waals surface area (Å²) in [6, 6.07) is 10.6. The van der Waals surface area contributed by atoms with Crippen molar-refractivity contribution in [3.8, 4) is 0 Å². The molecule has 0 aliphatic heterocycles. The Labute approximate surface area is 220 Å². The van der Waals surface area contributed by atoms with Gasteiger partial charge in [-0.1, -0.05) is 108 Å². The molecular weight excluding hydrogens is 407 g/mol. The van der Waals surface area contributed by atoms with Crippen molar-refractivity contribution in [2.45, 2.75) is 95.3 Å². The molecule has 0 aliphatic carbocycles. The second-order valence-electron chi connectivity index (χ2n) is 7.90. The molecule has 0 saturated carbocycles. The minimum Gasteiger partial charge on any atom is -0.744 e. The number of hydrogen-bond acceptors (Lipinski definition) is 3. The summed E-state index contributed by atoms with van der Waals surface area (Å²) in [6.07, 6.45) is 17.1. The van der Waals surface area contributed by atoms with Gasteiger partial charge in [-0.25, -0.2) is 8.42 Å². The largest absolute Gasteiger partial charge is 1.00 e. The monoisotopic (exact) mass is 442 g/mol. The van der Waals surface area contributed by atoms with Crippen molar-refractivity contribution in [2.75, 3.05) is 0 Å². The molecule has 29 heavy (non-hydrogen) atoms. The molecule has 156 valence electrons. The van der Waals surface area contributed by atoms with E-state index < -0.39 is 10.1 Å². The SMILES string of the molecule is CCCCCCCCCCCCCCc1ccc2c(S(=O)(=O)[O-])cccc2c1.[K+]. The summed E-state index contributed by atoms with van der Waals surface area (Å²) in [4.78, 5) is -0.123. The van der Waals surface area contributed by atoms with E-state index in [2.05, 4.69) is 6.92 Å². The maximum Gasteiger partial charge on any atom is 1.00 e. The Morgan fingerprint density at radius 2 is 1.31 bits per heavy atom. The molecule has 0 amide bonds. The molecular formula is C24H35KO3S. The molecule has 0 fully saturated rings. The number of rotatable bonds is 14. The number of aryl methyl sites for hydroxylation is 1. The van der Waals surface area contributed by atoms with Gasteiger partial charge in [-0.15, -0.1) is 0 Å². The fourth-order valence-corrected chi connectivity index (χ4v) is 4.55. The zero-order chi connectivity index (χ0) is 20.2. The molecule has 5 heteroatoms. The van der Waals surface area contributed by atoms with Gasteiger partial charge in [0.25, 0.3) is 0 Å². The third-order valence-electron chi connectivity index (χ3n) is 5.49. The Morgan fingerprint density at radius 3 is 1.86 bits per heavy atom. The summed E-state index contributed by atoms with van der Waals surface area (Å²) >= 11 is 0. The van der Waals surface area contributed by atoms with E-state index in [-0.39, 0.29) is 56.3 Å². The zero-order valence-corrected chi connectivity index (χ0v) is 22.2. The molecule has 0 aliphatic rings. The second-order valence-corrected chi connectivity index (χ2v) is 9.25. The first-order valence-corrected chi connectivity index (χ1v) is 12.4. The van der Waals surface area contributed by atoms with Crippen LogP contribution in [0.5, 0.6) is 0 Å². The van der Waals surface area contributed by atoms with Gasteiger partial charge >= 0.3 is 51.4 Å². The summed E-state index contributed by atoms with van der Waals surface area (Å²) in [5.41, 5.74) is 1.21. The Kier molecular flexibility index (Phi) is 14.2. The Balaban J connectivity index is 0.00000420. The van der Waals surface area contributed by atoms with Gasteiger partial charge in [0.1, 0.15) is 10.1 Å². The van der Waals surface area contributed by atoms with Gasteiger partial charge in [0.2, 0.25) is 0 Å². The van der Waals surface area contributed by atoms with Crippen LogP contribution < -0.4 is 51.4 Å². The summed E-state index contributed by atoms with van der Waals surface area (Å²) in [6.45, 7) is 2.26. The zero-order valence-electron chi connectivity index (χ0n) is 18.3. The van der Waals surface area contributed by atoms with Crippen molar-refractivity contribution in [3.05, 3.63) is 42.0 Å². The van der Waals surface area contributed by atoms with Crippen molar-refractivity contribution < 1.29 is 64.4 Å². The topological polar surface area (TPSA) is 57.2 Å². The van der Waals surface area contributed by atoms with Crippen molar-refractivity contribution in [2.24, 2.45) is 0 Å². The van der Waals surface area contributed by atoms with Gasteiger partial charge in [0.05, 0.1) is 4.90 Å². The van der Waals surface area contributed by atoms with Crippen LogP contribution in [-0.2, 0) is 16.5 Å². The quantitative estimate of drug-likeness (QED) is 0.252. The normalized spacial score (nSPS) is 11.5. The van der Waals surface area contributed by atoms with Crippen LogP contribution in [0.25, 0.3) is 10.8 Å². The smallest absolute Gasteiger partial charge is 0.744 e. The van der Waals surface area contributed by atoms with E-state index >= 15 is 0 Å². The predicted molar refractivity (Wildman–Crippen MR) is 117 cm³/mol. The van der Waals surface area contributed by atoms with Gasteiger partial charge < -0.3 is 4.55 Å². The van der Waals surface area contributed by atoms with Gasteiger partial charge in [-0.05, 0) is 35.2 Å². The number of benzene rings is 2. The van der Waals surface area contributed by atoms with Crippen LogP contribution in [0.3, 0.4) is 0 Å². The summed E-state index contributed by atoms with van der Waals surface area (Å²) in [5, 5.41) is 1.35. The standard InChI is InChI=1S/C24H36O3S.K/c1-2-3-4-5-6-7-8-9-10-11-12-13-15-21-18-19-23-22(20-21)16-14-17-24(23)28(25,26)27;/h14,16-20H,2-13,15H2,1H3,(H,25,26,27);/q;+1/p-1. The van der Waals surface area contributed by atoms with Crippen LogP contribution in [0.15, 0.2) is 41.3 Å². The molecule has 2 rings (SSSR count). The van der Waals surface area contributed by atoms with Crippen molar-refractivity contribution in [3.63, 3.8) is 0 Å². The minimum atomic E-state index is -4.43. The van der Waals surface area contributed by atoms with E-state index in [1.165, 1.54) is 82.3 Å². The summed E-state index contributed by atoms with van der Waals surface area (Å²) in [7, 11) is -4.43. The maximum atomic E-state index is 11.4. The van der Waals surface area contributed by atoms with E-state index in [0.29, 0.717) is 5.39 Å². The molecule has 0 aromatic heterocycles. The molecule has 2 aromatic rings. The molecule has 0 saturated heterocycles. The second kappa shape index (κ2) is 15.1. The first-order valence-electron chi connectivity index (χ1n) is 11.0. The van der Waals surface area contributed by atoms with Crippen LogP contribution in [0, 0.1) is 0 Å². The van der Waals surface area contributed by atoms with E-state index in [1.54, 1.807) is 12.1 Å². The average Bonchev–Trinajstić information content (AvgIpc) is 2.67. The summed E-state index contributed by atoms with van der Waals surface area (Å²) < 4.78 is 34.1. The van der Waals surface area contributed by atoms with Crippen LogP contribution in [0.2, 0.25) is 0 Å². The van der Waals surface area contributed by atoms with E-state index in [0.717, 1.165) is 18.2 Å². The van der Waals surface area contributed by atoms with Gasteiger partial charge in [-0.2, -0.15) is 0 Å². The minimum absolute atomic E-state index is 0. The van der Waals surface area contributed by atoms with Crippen molar-refractivity contribution in [1.29, 1.82) is 0 Å². The van der Waals surface area contributed by atoms with Crippen LogP contribution in [-0.4, -0.2) is 13.0 Å². The Bertz CT molecular complexity index is 818. The molecule has 0 unspecified atom stereocenters. The van der Waals surface area contributed by atoms with Gasteiger partial charge in [0.15, 0.2) is 0 Å². The molecule has 0 spiro atoms. The molecule has 3 nitrogen and oxygen atoms in total. The summed E-state index contributed by atoms with van der Waals surface area (Å²) in [5.74, 6) is 0. The van der Waals surface area contributed by atoms with E-state index in [1.807, 2.05) is 18.2 Å². The molecule has 0 atom stereocenters. The van der Waals surface area contributed by atoms with E-state index in [9.17, 15) is 13.0 Å². The Hall–Kier alpha value is 0.246. The third-order valence-corrected chi connectivity index (χ3v) is 6.39.